The molecule has 8 nitrogen and oxygen atoms in total. The lowest BCUT2D eigenvalue weighted by Crippen LogP contribution is -2.57. The Kier molecular flexibility index (Phi) is 4.77. The second kappa shape index (κ2) is 6.22. The maximum Gasteiger partial charge on any atom is 0.414 e. The number of carboxylic acids is 2. The lowest BCUT2D eigenvalue weighted by molar-refractivity contribution is -0.159. The smallest absolute Gasteiger partial charge is 0.414 e. The molecular weight excluding hydrogens is 322 g/mol. The van der Waals surface area contributed by atoms with Crippen LogP contribution in [0.2, 0.25) is 5.15 Å². The monoisotopic (exact) mass is 335 g/mol. The summed E-state index contributed by atoms with van der Waals surface area (Å²) in [7, 11) is 0. The Labute approximate surface area is 129 Å². The third-order valence-electron chi connectivity index (χ3n) is 3.77. The zero-order valence-electron chi connectivity index (χ0n) is 10.9. The van der Waals surface area contributed by atoms with E-state index in [1.165, 1.54) is 0 Å². The minimum Gasteiger partial charge on any atom is -0.473 e. The summed E-state index contributed by atoms with van der Waals surface area (Å²) < 4.78 is 8.09. The standard InChI is InChI=1S/C9H12ClN3OS.C2H2O4/c10-8-7(11-15-12-8)9(14)5-13-3-1-6(9)2-4-13;3-1(4)2(5)6/h6,14H,1-5H2;(H,3,4)(H,5,6). The van der Waals surface area contributed by atoms with Gasteiger partial charge in [-0.15, -0.1) is 0 Å². The number of carboxylic acid groups (broad SMARTS) is 2. The highest BCUT2D eigenvalue weighted by molar-refractivity contribution is 6.99. The molecule has 1 atom stereocenters. The summed E-state index contributed by atoms with van der Waals surface area (Å²) in [5.74, 6) is -3.35. The summed E-state index contributed by atoms with van der Waals surface area (Å²) in [6, 6.07) is 0. The summed E-state index contributed by atoms with van der Waals surface area (Å²) >= 11 is 7.03. The van der Waals surface area contributed by atoms with Gasteiger partial charge in [0.15, 0.2) is 5.15 Å². The zero-order chi connectivity index (χ0) is 15.6. The lowest BCUT2D eigenvalue weighted by atomic mass is 9.74. The van der Waals surface area contributed by atoms with E-state index in [1.807, 2.05) is 0 Å². The van der Waals surface area contributed by atoms with Crippen molar-refractivity contribution in [1.29, 1.82) is 0 Å². The fourth-order valence-corrected chi connectivity index (χ4v) is 3.62. The maximum atomic E-state index is 10.7. The van der Waals surface area contributed by atoms with Gasteiger partial charge in [-0.05, 0) is 31.8 Å². The van der Waals surface area contributed by atoms with E-state index in [-0.39, 0.29) is 0 Å². The van der Waals surface area contributed by atoms with Crippen LogP contribution >= 0.6 is 23.3 Å². The maximum absolute atomic E-state index is 10.7. The summed E-state index contributed by atoms with van der Waals surface area (Å²) in [5.41, 5.74) is -0.274. The largest absolute Gasteiger partial charge is 0.473 e. The summed E-state index contributed by atoms with van der Waals surface area (Å²) in [6.07, 6.45) is 2.06. The fraction of sp³-hybridized carbons (Fsp3) is 0.636. The molecule has 1 aromatic heterocycles. The van der Waals surface area contributed by atoms with Crippen LogP contribution in [0.4, 0.5) is 0 Å². The van der Waals surface area contributed by atoms with Crippen molar-refractivity contribution in [2.24, 2.45) is 5.92 Å². The van der Waals surface area contributed by atoms with Crippen molar-refractivity contribution in [3.63, 3.8) is 0 Å². The molecule has 1 aromatic rings. The Morgan fingerprint density at radius 1 is 1.24 bits per heavy atom. The molecular formula is C11H14ClN3O5S. The normalized spacial score (nSPS) is 30.4. The molecule has 3 fully saturated rings. The Hall–Kier alpha value is -1.29. The first-order valence-electron chi connectivity index (χ1n) is 6.24. The Morgan fingerprint density at radius 3 is 2.14 bits per heavy atom. The molecule has 0 radical (unpaired) electrons. The van der Waals surface area contributed by atoms with Crippen molar-refractivity contribution in [2.75, 3.05) is 19.6 Å². The van der Waals surface area contributed by atoms with Crippen molar-refractivity contribution < 1.29 is 24.9 Å². The van der Waals surface area contributed by atoms with Gasteiger partial charge in [0.25, 0.3) is 0 Å². The first-order chi connectivity index (χ1) is 9.84. The van der Waals surface area contributed by atoms with E-state index in [0.717, 1.165) is 37.7 Å². The molecule has 3 saturated heterocycles. The summed E-state index contributed by atoms with van der Waals surface area (Å²) in [4.78, 5) is 20.5. The van der Waals surface area contributed by atoms with E-state index in [1.54, 1.807) is 0 Å². The van der Waals surface area contributed by atoms with Crippen LogP contribution < -0.4 is 0 Å². The highest BCUT2D eigenvalue weighted by Gasteiger charge is 2.49. The number of hydrogen-bond acceptors (Lipinski definition) is 7. The van der Waals surface area contributed by atoms with Crippen LogP contribution in [0.5, 0.6) is 0 Å². The van der Waals surface area contributed by atoms with Crippen molar-refractivity contribution in [2.45, 2.75) is 18.4 Å². The number of hydrogen-bond donors (Lipinski definition) is 3. The average Bonchev–Trinajstić information content (AvgIpc) is 2.87. The van der Waals surface area contributed by atoms with Crippen molar-refractivity contribution in [3.8, 4) is 0 Å². The minimum absolute atomic E-state index is 0.295. The number of carbonyl (C=O) groups is 2. The highest BCUT2D eigenvalue weighted by atomic mass is 35.5. The predicted octanol–water partition coefficient (Wildman–Crippen LogP) is 0.260. The summed E-state index contributed by atoms with van der Waals surface area (Å²) in [6.45, 7) is 2.83. The van der Waals surface area contributed by atoms with Crippen LogP contribution in [0.3, 0.4) is 0 Å². The Bertz CT molecular complexity index is 534. The molecule has 21 heavy (non-hydrogen) atoms. The van der Waals surface area contributed by atoms with Crippen LogP contribution in [0, 0.1) is 5.92 Å². The van der Waals surface area contributed by atoms with E-state index in [9.17, 15) is 5.11 Å². The molecule has 0 aromatic carbocycles. The third-order valence-corrected chi connectivity index (χ3v) is 4.66. The van der Waals surface area contributed by atoms with Gasteiger partial charge in [-0.3, -0.25) is 0 Å². The van der Waals surface area contributed by atoms with Gasteiger partial charge in [0.05, 0.1) is 11.7 Å². The first kappa shape index (κ1) is 16.1. The average molecular weight is 336 g/mol. The van der Waals surface area contributed by atoms with Crippen molar-refractivity contribution in [3.05, 3.63) is 10.8 Å². The summed E-state index contributed by atoms with van der Waals surface area (Å²) in [5, 5.41) is 25.8. The van der Waals surface area contributed by atoms with E-state index in [0.29, 0.717) is 23.3 Å². The molecule has 2 bridgehead atoms. The van der Waals surface area contributed by atoms with Crippen LogP contribution in [-0.4, -0.2) is 60.5 Å². The molecule has 4 rings (SSSR count). The zero-order valence-corrected chi connectivity index (χ0v) is 12.5. The molecule has 4 heterocycles. The van der Waals surface area contributed by atoms with Gasteiger partial charge in [0, 0.05) is 6.54 Å². The van der Waals surface area contributed by atoms with Gasteiger partial charge < -0.3 is 20.2 Å². The number of fused-ring (bicyclic) bond motifs is 3. The van der Waals surface area contributed by atoms with Crippen LogP contribution in [0.25, 0.3) is 0 Å². The van der Waals surface area contributed by atoms with E-state index in [4.69, 9.17) is 31.4 Å². The van der Waals surface area contributed by atoms with Crippen molar-refractivity contribution >= 4 is 35.3 Å². The highest BCUT2D eigenvalue weighted by Crippen LogP contribution is 2.43. The molecule has 116 valence electrons. The fourth-order valence-electron chi connectivity index (χ4n) is 2.74. The van der Waals surface area contributed by atoms with Gasteiger partial charge >= 0.3 is 11.9 Å². The van der Waals surface area contributed by atoms with E-state index in [2.05, 4.69) is 13.6 Å². The van der Waals surface area contributed by atoms with Gasteiger partial charge in [0.1, 0.15) is 11.3 Å². The molecule has 3 N–H and O–H groups in total. The second-order valence-electron chi connectivity index (χ2n) is 4.99. The number of halogens is 1. The topological polar surface area (TPSA) is 124 Å². The molecule has 1 unspecified atom stereocenters. The SMILES string of the molecule is O=C(O)C(=O)O.OC1(c2nsnc2Cl)CN2CCC1CC2. The predicted molar refractivity (Wildman–Crippen MR) is 73.3 cm³/mol. The minimum atomic E-state index is -1.82. The molecule has 0 amide bonds. The van der Waals surface area contributed by atoms with Crippen LogP contribution in [0.15, 0.2) is 0 Å². The Morgan fingerprint density at radius 2 is 1.81 bits per heavy atom. The Balaban J connectivity index is 0.000000232. The van der Waals surface area contributed by atoms with Gasteiger partial charge in [-0.2, -0.15) is 8.75 Å². The molecule has 0 spiro atoms. The first-order valence-corrected chi connectivity index (χ1v) is 7.35. The van der Waals surface area contributed by atoms with Crippen LogP contribution in [0.1, 0.15) is 18.5 Å². The number of aliphatic hydroxyl groups is 1. The quantitative estimate of drug-likeness (QED) is 0.624. The second-order valence-corrected chi connectivity index (χ2v) is 5.88. The van der Waals surface area contributed by atoms with Gasteiger partial charge in [-0.25, -0.2) is 9.59 Å². The number of nitrogens with zero attached hydrogens (tertiary/aromatic N) is 3. The van der Waals surface area contributed by atoms with Gasteiger partial charge in [-0.1, -0.05) is 11.6 Å². The third kappa shape index (κ3) is 3.31. The number of rotatable bonds is 1. The van der Waals surface area contributed by atoms with E-state index < -0.39 is 17.5 Å². The molecule has 10 heteroatoms. The van der Waals surface area contributed by atoms with Crippen LogP contribution in [-0.2, 0) is 15.2 Å². The number of aliphatic carboxylic acids is 2. The number of piperidine rings is 3. The molecule has 3 aliphatic rings. The van der Waals surface area contributed by atoms with Crippen molar-refractivity contribution in [1.82, 2.24) is 13.6 Å². The molecule has 0 aliphatic carbocycles. The van der Waals surface area contributed by atoms with Gasteiger partial charge in [0.2, 0.25) is 0 Å². The number of aromatic nitrogens is 2. The van der Waals surface area contributed by atoms with E-state index >= 15 is 0 Å². The lowest BCUT2D eigenvalue weighted by Gasteiger charge is -2.49. The molecule has 3 aliphatic heterocycles. The molecule has 0 saturated carbocycles.